The number of fused-ring (bicyclic) bond motifs is 3. The summed E-state index contributed by atoms with van der Waals surface area (Å²) in [6.07, 6.45) is 0.721. The molecule has 4 amide bonds. The molecule has 4 rings (SSSR count). The number of benzene rings is 2. The van der Waals surface area contributed by atoms with Gasteiger partial charge in [-0.3, -0.25) is 14.4 Å². The maximum absolute atomic E-state index is 14.1. The smallest absolute Gasteiger partial charge is 0.408 e. The highest BCUT2D eigenvalue weighted by Crippen LogP contribution is 2.36. The van der Waals surface area contributed by atoms with Crippen LogP contribution in [0.25, 0.3) is 10.9 Å². The third-order valence-corrected chi connectivity index (χ3v) is 8.52. The molecule has 11 heteroatoms. The van der Waals surface area contributed by atoms with E-state index in [0.717, 1.165) is 27.7 Å². The van der Waals surface area contributed by atoms with Crippen molar-refractivity contribution < 1.29 is 28.7 Å². The average molecular weight is 606 g/mol. The Hall–Kier alpha value is -4.54. The Balaban J connectivity index is 1.64. The standard InChI is InChI=1S/C33H43N5O6/c1-6-20(4)28(37-32(42)44-18-21-10-8-7-9-11-21)30(40)38-33(31(41)36-27(19(2)3)29(34)39)15-14-26-24(17-33)23-16-22(43-5)12-13-25(23)35-26/h7-13,16,19-20,27-28,35H,6,14-15,17-18H2,1-5H3,(H2,34,39)(H,36,41)(H,37,42)(H,38,40)/t20-,27-,28-,33+/m0/s1. The first-order valence-corrected chi connectivity index (χ1v) is 15.0. The minimum Gasteiger partial charge on any atom is -0.497 e. The summed E-state index contributed by atoms with van der Waals surface area (Å²) in [5, 5.41) is 9.42. The molecule has 1 aromatic heterocycles. The monoisotopic (exact) mass is 605 g/mol. The molecule has 0 unspecified atom stereocenters. The zero-order chi connectivity index (χ0) is 32.0. The third kappa shape index (κ3) is 7.15. The van der Waals surface area contributed by atoms with E-state index in [2.05, 4.69) is 20.9 Å². The van der Waals surface area contributed by atoms with Gasteiger partial charge in [-0.05, 0) is 54.0 Å². The molecule has 4 atom stereocenters. The van der Waals surface area contributed by atoms with Crippen molar-refractivity contribution in [3.63, 3.8) is 0 Å². The number of aromatic amines is 1. The number of rotatable bonds is 12. The number of carbonyl (C=O) groups excluding carboxylic acids is 4. The summed E-state index contributed by atoms with van der Waals surface area (Å²) < 4.78 is 10.8. The van der Waals surface area contributed by atoms with Crippen molar-refractivity contribution in [2.75, 3.05) is 7.11 Å². The van der Waals surface area contributed by atoms with Gasteiger partial charge in [0.15, 0.2) is 0 Å². The summed E-state index contributed by atoms with van der Waals surface area (Å²) in [5.41, 5.74) is 7.74. The molecule has 0 fully saturated rings. The van der Waals surface area contributed by atoms with Crippen LogP contribution in [-0.2, 0) is 38.6 Å². The Morgan fingerprint density at radius 2 is 1.75 bits per heavy atom. The van der Waals surface area contributed by atoms with Gasteiger partial charge in [0.1, 0.15) is 30.0 Å². The molecule has 0 saturated heterocycles. The van der Waals surface area contributed by atoms with Crippen LogP contribution >= 0.6 is 0 Å². The van der Waals surface area contributed by atoms with Crippen LogP contribution in [0, 0.1) is 11.8 Å². The van der Waals surface area contributed by atoms with Crippen LogP contribution in [0.1, 0.15) is 57.4 Å². The van der Waals surface area contributed by atoms with Crippen molar-refractivity contribution >= 4 is 34.7 Å². The maximum Gasteiger partial charge on any atom is 0.408 e. The SMILES string of the molecule is CC[C@H](C)[C@H](NC(=O)OCc1ccccc1)C(=O)N[C@]1(C(=O)N[C@H](C(N)=O)C(C)C)CCc2[nH]c3ccc(OC)cc3c2C1. The number of methoxy groups -OCH3 is 1. The quantitative estimate of drug-likeness (QED) is 0.212. The van der Waals surface area contributed by atoms with Gasteiger partial charge in [0, 0.05) is 23.0 Å². The molecule has 2 aromatic carbocycles. The number of primary amides is 1. The highest BCUT2D eigenvalue weighted by molar-refractivity contribution is 5.98. The largest absolute Gasteiger partial charge is 0.497 e. The van der Waals surface area contributed by atoms with E-state index in [4.69, 9.17) is 15.2 Å². The molecular formula is C33H43N5O6. The number of nitrogens with one attached hydrogen (secondary N) is 4. The van der Waals surface area contributed by atoms with Crippen molar-refractivity contribution in [1.82, 2.24) is 20.9 Å². The third-order valence-electron chi connectivity index (χ3n) is 8.52. The van der Waals surface area contributed by atoms with E-state index in [1.165, 1.54) is 0 Å². The highest BCUT2D eigenvalue weighted by Gasteiger charge is 2.46. The number of hydrogen-bond acceptors (Lipinski definition) is 6. The molecule has 0 bridgehead atoms. The second kappa shape index (κ2) is 13.8. The Bertz CT molecular complexity index is 1500. The van der Waals surface area contributed by atoms with Crippen LogP contribution in [0.5, 0.6) is 5.75 Å². The molecule has 1 aliphatic rings. The first-order chi connectivity index (χ1) is 21.0. The van der Waals surface area contributed by atoms with Gasteiger partial charge in [0.2, 0.25) is 17.7 Å². The fraction of sp³-hybridized carbons (Fsp3) is 0.455. The summed E-state index contributed by atoms with van der Waals surface area (Å²) in [6.45, 7) is 7.38. The Morgan fingerprint density at radius 3 is 2.39 bits per heavy atom. The molecular weight excluding hydrogens is 562 g/mol. The lowest BCUT2D eigenvalue weighted by Crippen LogP contribution is -2.67. The van der Waals surface area contributed by atoms with Crippen LogP contribution in [0.4, 0.5) is 4.79 Å². The number of nitrogens with two attached hydrogens (primary N) is 1. The number of ether oxygens (including phenoxy) is 2. The molecule has 0 saturated carbocycles. The summed E-state index contributed by atoms with van der Waals surface area (Å²) in [6, 6.07) is 13.0. The first kappa shape index (κ1) is 32.4. The maximum atomic E-state index is 14.1. The number of hydrogen-bond donors (Lipinski definition) is 5. The van der Waals surface area contributed by atoms with E-state index < -0.39 is 41.4 Å². The highest BCUT2D eigenvalue weighted by atomic mass is 16.5. The van der Waals surface area contributed by atoms with Gasteiger partial charge in [0.25, 0.3) is 0 Å². The van der Waals surface area contributed by atoms with Gasteiger partial charge in [-0.1, -0.05) is 64.4 Å². The van der Waals surface area contributed by atoms with E-state index in [1.54, 1.807) is 21.0 Å². The molecule has 0 spiro atoms. The Labute approximate surface area is 257 Å². The van der Waals surface area contributed by atoms with Crippen molar-refractivity contribution in [1.29, 1.82) is 0 Å². The van der Waals surface area contributed by atoms with Crippen LogP contribution in [-0.4, -0.2) is 53.5 Å². The van der Waals surface area contributed by atoms with E-state index in [1.807, 2.05) is 62.4 Å². The second-order valence-electron chi connectivity index (χ2n) is 11.9. The van der Waals surface area contributed by atoms with E-state index in [-0.39, 0.29) is 31.3 Å². The summed E-state index contributed by atoms with van der Waals surface area (Å²) >= 11 is 0. The molecule has 1 aliphatic carbocycles. The normalized spacial score (nSPS) is 18.0. The van der Waals surface area contributed by atoms with Gasteiger partial charge >= 0.3 is 6.09 Å². The fourth-order valence-corrected chi connectivity index (χ4v) is 5.66. The fourth-order valence-electron chi connectivity index (χ4n) is 5.66. The van der Waals surface area contributed by atoms with Crippen molar-refractivity contribution in [3.05, 3.63) is 65.4 Å². The predicted molar refractivity (Wildman–Crippen MR) is 167 cm³/mol. The van der Waals surface area contributed by atoms with Gasteiger partial charge in [0.05, 0.1) is 7.11 Å². The first-order valence-electron chi connectivity index (χ1n) is 15.0. The lowest BCUT2D eigenvalue weighted by atomic mass is 9.78. The number of H-pyrrole nitrogens is 1. The zero-order valence-electron chi connectivity index (χ0n) is 26.0. The van der Waals surface area contributed by atoms with Crippen LogP contribution in [0.3, 0.4) is 0 Å². The molecule has 6 N–H and O–H groups in total. The topological polar surface area (TPSA) is 165 Å². The zero-order valence-corrected chi connectivity index (χ0v) is 26.0. The Morgan fingerprint density at radius 1 is 1.02 bits per heavy atom. The van der Waals surface area contributed by atoms with Crippen molar-refractivity contribution in [3.8, 4) is 5.75 Å². The van der Waals surface area contributed by atoms with E-state index in [0.29, 0.717) is 18.6 Å². The van der Waals surface area contributed by atoms with Crippen molar-refractivity contribution in [2.24, 2.45) is 17.6 Å². The summed E-state index contributed by atoms with van der Waals surface area (Å²) in [7, 11) is 1.58. The molecule has 11 nitrogen and oxygen atoms in total. The second-order valence-corrected chi connectivity index (χ2v) is 11.9. The molecule has 1 heterocycles. The van der Waals surface area contributed by atoms with Crippen LogP contribution in [0.15, 0.2) is 48.5 Å². The number of amides is 4. The van der Waals surface area contributed by atoms with Gasteiger partial charge < -0.3 is 36.1 Å². The number of carbonyl (C=O) groups is 4. The van der Waals surface area contributed by atoms with Gasteiger partial charge in [-0.15, -0.1) is 0 Å². The lowest BCUT2D eigenvalue weighted by Gasteiger charge is -2.39. The van der Waals surface area contributed by atoms with E-state index >= 15 is 0 Å². The number of alkyl carbamates (subject to hydrolysis) is 1. The van der Waals surface area contributed by atoms with Gasteiger partial charge in [-0.2, -0.15) is 0 Å². The lowest BCUT2D eigenvalue weighted by molar-refractivity contribution is -0.137. The molecule has 0 radical (unpaired) electrons. The van der Waals surface area contributed by atoms with E-state index in [9.17, 15) is 19.2 Å². The summed E-state index contributed by atoms with van der Waals surface area (Å²) in [5.74, 6) is -1.58. The molecule has 0 aliphatic heterocycles. The summed E-state index contributed by atoms with van der Waals surface area (Å²) in [4.78, 5) is 56.7. The van der Waals surface area contributed by atoms with Crippen LogP contribution in [0.2, 0.25) is 0 Å². The number of aryl methyl sites for hydroxylation is 1. The average Bonchev–Trinajstić information content (AvgIpc) is 3.37. The molecule has 44 heavy (non-hydrogen) atoms. The Kier molecular flexibility index (Phi) is 10.2. The van der Waals surface area contributed by atoms with Crippen LogP contribution < -0.4 is 26.4 Å². The minimum absolute atomic E-state index is 0.0460. The minimum atomic E-state index is -1.42. The van der Waals surface area contributed by atoms with Crippen molar-refractivity contribution in [2.45, 2.75) is 77.6 Å². The molecule has 236 valence electrons. The van der Waals surface area contributed by atoms with Gasteiger partial charge in [-0.25, -0.2) is 4.79 Å². The molecule has 3 aromatic rings. The number of aromatic nitrogens is 1. The predicted octanol–water partition coefficient (Wildman–Crippen LogP) is 3.49.